The first-order valence-electron chi connectivity index (χ1n) is 7.63. The Kier molecular flexibility index (Phi) is 6.74. The summed E-state index contributed by atoms with van der Waals surface area (Å²) in [6, 6.07) is 13.9. The van der Waals surface area contributed by atoms with Gasteiger partial charge in [-0.25, -0.2) is 5.43 Å². The van der Waals surface area contributed by atoms with Crippen molar-refractivity contribution >= 4 is 12.1 Å². The molecule has 130 valence electrons. The predicted octanol–water partition coefficient (Wildman–Crippen LogP) is 2.79. The first kappa shape index (κ1) is 18.2. The molecule has 0 radical (unpaired) electrons. The molecule has 2 N–H and O–H groups in total. The summed E-state index contributed by atoms with van der Waals surface area (Å²) in [4.78, 5) is 12.2. The maximum Gasteiger partial charge on any atom is 0.273 e. The van der Waals surface area contributed by atoms with Crippen molar-refractivity contribution < 1.29 is 19.4 Å². The average Bonchev–Trinajstić information content (AvgIpc) is 2.63. The first-order valence-corrected chi connectivity index (χ1v) is 7.63. The van der Waals surface area contributed by atoms with E-state index in [1.165, 1.54) is 19.4 Å². The maximum atomic E-state index is 12.2. The van der Waals surface area contributed by atoms with Crippen molar-refractivity contribution in [3.8, 4) is 11.5 Å². The Labute approximate surface area is 146 Å². The molecule has 6 nitrogen and oxygen atoms in total. The zero-order valence-corrected chi connectivity index (χ0v) is 13.9. The minimum Gasteiger partial charge on any atom is -0.507 e. The van der Waals surface area contributed by atoms with E-state index in [0.717, 1.165) is 5.56 Å². The number of methoxy groups -OCH3 is 1. The van der Waals surface area contributed by atoms with Crippen LogP contribution in [0.15, 0.2) is 66.3 Å². The quantitative estimate of drug-likeness (QED) is 0.440. The third kappa shape index (κ3) is 5.19. The standard InChI is InChI=1S/C19H20N2O4/c1-3-11-25-16-10-9-15(17(22)12-16)13-20-21-19(23)18(24-2)14-7-5-4-6-8-14/h3-10,12-13,18,22H,1,11H2,2H3,(H,21,23)/b20-13+/t18-/m0/s1. The summed E-state index contributed by atoms with van der Waals surface area (Å²) in [6.45, 7) is 3.90. The summed E-state index contributed by atoms with van der Waals surface area (Å²) < 4.78 is 10.5. The second kappa shape index (κ2) is 9.24. The zero-order chi connectivity index (χ0) is 18.1. The van der Waals surface area contributed by atoms with Gasteiger partial charge in [0.25, 0.3) is 5.91 Å². The average molecular weight is 340 g/mol. The van der Waals surface area contributed by atoms with Gasteiger partial charge in [0.05, 0.1) is 6.21 Å². The Balaban J connectivity index is 2.00. The number of amides is 1. The van der Waals surface area contributed by atoms with Gasteiger partial charge in [-0.2, -0.15) is 5.10 Å². The fourth-order valence-corrected chi connectivity index (χ4v) is 2.12. The monoisotopic (exact) mass is 340 g/mol. The van der Waals surface area contributed by atoms with Crippen LogP contribution in [-0.2, 0) is 9.53 Å². The fraction of sp³-hybridized carbons (Fsp3) is 0.158. The van der Waals surface area contributed by atoms with Crippen LogP contribution in [0.3, 0.4) is 0 Å². The van der Waals surface area contributed by atoms with Crippen LogP contribution < -0.4 is 10.2 Å². The lowest BCUT2D eigenvalue weighted by Gasteiger charge is -2.13. The van der Waals surface area contributed by atoms with Gasteiger partial charge in [0.2, 0.25) is 0 Å². The third-order valence-electron chi connectivity index (χ3n) is 3.32. The number of nitrogens with zero attached hydrogens (tertiary/aromatic N) is 1. The highest BCUT2D eigenvalue weighted by atomic mass is 16.5. The van der Waals surface area contributed by atoms with E-state index in [0.29, 0.717) is 17.9 Å². The number of ether oxygens (including phenoxy) is 2. The molecular weight excluding hydrogens is 320 g/mol. The lowest BCUT2D eigenvalue weighted by atomic mass is 10.1. The summed E-state index contributed by atoms with van der Waals surface area (Å²) in [5.41, 5.74) is 3.58. The predicted molar refractivity (Wildman–Crippen MR) is 95.7 cm³/mol. The number of nitrogens with one attached hydrogen (secondary N) is 1. The Hall–Kier alpha value is -3.12. The van der Waals surface area contributed by atoms with Crippen LogP contribution in [0, 0.1) is 0 Å². The van der Waals surface area contributed by atoms with Crippen molar-refractivity contribution in [2.75, 3.05) is 13.7 Å². The lowest BCUT2D eigenvalue weighted by molar-refractivity contribution is -0.131. The molecule has 0 aliphatic carbocycles. The first-order chi connectivity index (χ1) is 12.2. The second-order valence-corrected chi connectivity index (χ2v) is 5.08. The minimum atomic E-state index is -0.762. The van der Waals surface area contributed by atoms with Crippen molar-refractivity contribution in [1.29, 1.82) is 0 Å². The number of hydrogen-bond acceptors (Lipinski definition) is 5. The molecule has 0 heterocycles. The number of benzene rings is 2. The number of phenolic OH excluding ortho intramolecular Hbond substituents is 1. The number of carbonyl (C=O) groups is 1. The normalized spacial score (nSPS) is 11.9. The molecule has 0 unspecified atom stereocenters. The Morgan fingerprint density at radius 1 is 1.32 bits per heavy atom. The summed E-state index contributed by atoms with van der Waals surface area (Å²) in [5.74, 6) is 0.100. The smallest absolute Gasteiger partial charge is 0.273 e. The van der Waals surface area contributed by atoms with Crippen LogP contribution in [0.4, 0.5) is 0 Å². The van der Waals surface area contributed by atoms with Crippen molar-refractivity contribution in [1.82, 2.24) is 5.43 Å². The molecule has 0 aromatic heterocycles. The summed E-state index contributed by atoms with van der Waals surface area (Å²) in [6.07, 6.45) is 2.20. The molecule has 0 fully saturated rings. The van der Waals surface area contributed by atoms with Gasteiger partial charge in [0.15, 0.2) is 6.10 Å². The molecule has 0 saturated heterocycles. The number of aromatic hydroxyl groups is 1. The second-order valence-electron chi connectivity index (χ2n) is 5.08. The van der Waals surface area contributed by atoms with Gasteiger partial charge in [0, 0.05) is 18.7 Å². The SMILES string of the molecule is C=CCOc1ccc(/C=N/NC(=O)[C@@H](OC)c2ccccc2)c(O)c1. The zero-order valence-electron chi connectivity index (χ0n) is 13.9. The van der Waals surface area contributed by atoms with Crippen LogP contribution in [0.1, 0.15) is 17.2 Å². The van der Waals surface area contributed by atoms with E-state index in [-0.39, 0.29) is 5.75 Å². The molecule has 0 spiro atoms. The summed E-state index contributed by atoms with van der Waals surface area (Å²) in [7, 11) is 1.45. The number of hydrazone groups is 1. The van der Waals surface area contributed by atoms with Gasteiger partial charge in [-0.15, -0.1) is 0 Å². The molecule has 25 heavy (non-hydrogen) atoms. The lowest BCUT2D eigenvalue weighted by Crippen LogP contribution is -2.26. The van der Waals surface area contributed by atoms with Crippen molar-refractivity contribution in [3.63, 3.8) is 0 Å². The molecule has 0 bridgehead atoms. The minimum absolute atomic E-state index is 0.00841. The van der Waals surface area contributed by atoms with Crippen molar-refractivity contribution in [2.45, 2.75) is 6.10 Å². The molecular formula is C19H20N2O4. The van der Waals surface area contributed by atoms with Gasteiger partial charge in [-0.1, -0.05) is 43.0 Å². The van der Waals surface area contributed by atoms with E-state index in [1.54, 1.807) is 30.3 Å². The number of phenols is 1. The van der Waals surface area contributed by atoms with E-state index in [4.69, 9.17) is 9.47 Å². The summed E-state index contributed by atoms with van der Waals surface area (Å²) in [5, 5.41) is 13.8. The molecule has 0 aliphatic heterocycles. The van der Waals surface area contributed by atoms with Crippen molar-refractivity contribution in [2.24, 2.45) is 5.10 Å². The fourth-order valence-electron chi connectivity index (χ4n) is 2.12. The van der Waals surface area contributed by atoms with Gasteiger partial charge in [-0.05, 0) is 17.7 Å². The third-order valence-corrected chi connectivity index (χ3v) is 3.32. The molecule has 0 aliphatic rings. The van der Waals surface area contributed by atoms with E-state index in [1.807, 2.05) is 18.2 Å². The molecule has 1 atom stereocenters. The van der Waals surface area contributed by atoms with Crippen molar-refractivity contribution in [3.05, 3.63) is 72.3 Å². The van der Waals surface area contributed by atoms with Crippen LogP contribution in [0.5, 0.6) is 11.5 Å². The molecule has 1 amide bonds. The van der Waals surface area contributed by atoms with Gasteiger partial charge in [-0.3, -0.25) is 4.79 Å². The highest BCUT2D eigenvalue weighted by Crippen LogP contribution is 2.22. The van der Waals surface area contributed by atoms with Gasteiger partial charge < -0.3 is 14.6 Å². The number of rotatable bonds is 8. The van der Waals surface area contributed by atoms with E-state index in [2.05, 4.69) is 17.1 Å². The van der Waals surface area contributed by atoms with E-state index < -0.39 is 12.0 Å². The number of carbonyl (C=O) groups excluding carboxylic acids is 1. The van der Waals surface area contributed by atoms with Gasteiger partial charge in [0.1, 0.15) is 18.1 Å². The summed E-state index contributed by atoms with van der Waals surface area (Å²) >= 11 is 0. The van der Waals surface area contributed by atoms with Gasteiger partial charge >= 0.3 is 0 Å². The van der Waals surface area contributed by atoms with Crippen LogP contribution in [0.25, 0.3) is 0 Å². The number of hydrogen-bond donors (Lipinski definition) is 2. The molecule has 2 aromatic carbocycles. The van der Waals surface area contributed by atoms with E-state index >= 15 is 0 Å². The topological polar surface area (TPSA) is 80.2 Å². The molecule has 2 aromatic rings. The van der Waals surface area contributed by atoms with Crippen LogP contribution in [-0.4, -0.2) is 30.9 Å². The molecule has 0 saturated carbocycles. The highest BCUT2D eigenvalue weighted by Gasteiger charge is 2.19. The largest absolute Gasteiger partial charge is 0.507 e. The molecule has 2 rings (SSSR count). The Morgan fingerprint density at radius 2 is 2.08 bits per heavy atom. The van der Waals surface area contributed by atoms with Crippen LogP contribution in [0.2, 0.25) is 0 Å². The Morgan fingerprint density at radius 3 is 2.72 bits per heavy atom. The highest BCUT2D eigenvalue weighted by molar-refractivity contribution is 5.87. The van der Waals surface area contributed by atoms with E-state index in [9.17, 15) is 9.90 Å². The molecule has 6 heteroatoms. The maximum absolute atomic E-state index is 12.2. The Bertz CT molecular complexity index is 744. The van der Waals surface area contributed by atoms with Crippen LogP contribution >= 0.6 is 0 Å².